The van der Waals surface area contributed by atoms with Crippen molar-refractivity contribution in [3.8, 4) is 0 Å². The van der Waals surface area contributed by atoms with Gasteiger partial charge in [-0.25, -0.2) is 0 Å². The number of hydrogen-bond donors (Lipinski definition) is 1. The normalized spacial score (nSPS) is 26.6. The Labute approximate surface area is 106 Å². The molecule has 1 rings (SSSR count). The Morgan fingerprint density at radius 3 is 2.76 bits per heavy atom. The van der Waals surface area contributed by atoms with Gasteiger partial charge in [0.2, 0.25) is 5.91 Å². The highest BCUT2D eigenvalue weighted by Crippen LogP contribution is 2.20. The highest BCUT2D eigenvalue weighted by molar-refractivity contribution is 5.81. The number of hydrogen-bond acceptors (Lipinski definition) is 2. The smallest absolute Gasteiger partial charge is 0.239 e. The van der Waals surface area contributed by atoms with E-state index in [4.69, 9.17) is 0 Å². The lowest BCUT2D eigenvalue weighted by Crippen LogP contribution is -2.49. The fourth-order valence-corrected chi connectivity index (χ4v) is 2.51. The zero-order valence-corrected chi connectivity index (χ0v) is 11.8. The summed E-state index contributed by atoms with van der Waals surface area (Å²) < 4.78 is 0. The van der Waals surface area contributed by atoms with E-state index in [0.717, 1.165) is 31.8 Å². The van der Waals surface area contributed by atoms with Gasteiger partial charge >= 0.3 is 0 Å². The van der Waals surface area contributed by atoms with Gasteiger partial charge in [-0.1, -0.05) is 33.6 Å². The molecule has 17 heavy (non-hydrogen) atoms. The molecule has 1 aliphatic rings. The molecule has 0 saturated carbocycles. The summed E-state index contributed by atoms with van der Waals surface area (Å²) in [6.45, 7) is 8.47. The summed E-state index contributed by atoms with van der Waals surface area (Å²) >= 11 is 0. The Morgan fingerprint density at radius 1 is 1.47 bits per heavy atom. The number of amides is 1. The number of nitrogens with zero attached hydrogens (tertiary/aromatic N) is 1. The van der Waals surface area contributed by atoms with Crippen LogP contribution in [0.2, 0.25) is 0 Å². The van der Waals surface area contributed by atoms with Gasteiger partial charge in [-0.05, 0) is 31.2 Å². The molecule has 3 nitrogen and oxygen atoms in total. The molecule has 0 aromatic carbocycles. The first-order valence-electron chi connectivity index (χ1n) is 7.06. The molecule has 3 atom stereocenters. The summed E-state index contributed by atoms with van der Waals surface area (Å²) in [4.78, 5) is 14.2. The van der Waals surface area contributed by atoms with Crippen LogP contribution in [0.15, 0.2) is 0 Å². The standard InChI is InChI=1S/C14H28N2O/c1-5-11(3)10-16(4)14(17)13-9-12(6-2)7-8-15-13/h11-13,15H,5-10H2,1-4H3. The molecule has 1 saturated heterocycles. The van der Waals surface area contributed by atoms with Crippen molar-refractivity contribution < 1.29 is 4.79 Å². The van der Waals surface area contributed by atoms with Crippen LogP contribution in [-0.2, 0) is 4.79 Å². The SMILES string of the molecule is CCC(C)CN(C)C(=O)C1CC(CC)CCN1. The molecule has 0 aliphatic carbocycles. The van der Waals surface area contributed by atoms with Crippen LogP contribution >= 0.6 is 0 Å². The second-order valence-electron chi connectivity index (χ2n) is 5.54. The van der Waals surface area contributed by atoms with Gasteiger partial charge in [0.05, 0.1) is 6.04 Å². The van der Waals surface area contributed by atoms with Crippen molar-refractivity contribution >= 4 is 5.91 Å². The summed E-state index contributed by atoms with van der Waals surface area (Å²) in [6, 6.07) is 0.0581. The van der Waals surface area contributed by atoms with Crippen LogP contribution in [0.5, 0.6) is 0 Å². The van der Waals surface area contributed by atoms with Gasteiger partial charge < -0.3 is 10.2 Å². The molecule has 3 unspecified atom stereocenters. The first-order valence-corrected chi connectivity index (χ1v) is 7.06. The minimum Gasteiger partial charge on any atom is -0.344 e. The van der Waals surface area contributed by atoms with Crippen molar-refractivity contribution in [2.75, 3.05) is 20.1 Å². The molecule has 0 aromatic rings. The molecule has 0 radical (unpaired) electrons. The van der Waals surface area contributed by atoms with E-state index in [1.165, 1.54) is 12.8 Å². The Kier molecular flexibility index (Phi) is 5.96. The molecule has 0 aromatic heterocycles. The third kappa shape index (κ3) is 4.30. The summed E-state index contributed by atoms with van der Waals surface area (Å²) in [7, 11) is 1.94. The Morgan fingerprint density at radius 2 is 2.18 bits per heavy atom. The van der Waals surface area contributed by atoms with Crippen molar-refractivity contribution in [2.24, 2.45) is 11.8 Å². The maximum absolute atomic E-state index is 12.3. The Balaban J connectivity index is 2.45. The Bertz CT molecular complexity index is 242. The third-order valence-electron chi connectivity index (χ3n) is 4.05. The molecule has 3 heteroatoms. The van der Waals surface area contributed by atoms with E-state index in [1.807, 2.05) is 11.9 Å². The zero-order valence-electron chi connectivity index (χ0n) is 11.8. The van der Waals surface area contributed by atoms with Crippen LogP contribution in [0.4, 0.5) is 0 Å². The van der Waals surface area contributed by atoms with Crippen LogP contribution in [-0.4, -0.2) is 37.0 Å². The largest absolute Gasteiger partial charge is 0.344 e. The van der Waals surface area contributed by atoms with Crippen LogP contribution in [0.3, 0.4) is 0 Å². The zero-order chi connectivity index (χ0) is 12.8. The molecule has 100 valence electrons. The number of piperidine rings is 1. The van der Waals surface area contributed by atoms with Crippen LogP contribution in [0.25, 0.3) is 0 Å². The maximum Gasteiger partial charge on any atom is 0.239 e. The lowest BCUT2D eigenvalue weighted by molar-refractivity contribution is -0.133. The molecule has 0 spiro atoms. The summed E-state index contributed by atoms with van der Waals surface area (Å²) in [5.41, 5.74) is 0. The second kappa shape index (κ2) is 7.00. The van der Waals surface area contributed by atoms with E-state index in [2.05, 4.69) is 26.1 Å². The molecule has 1 fully saturated rings. The minimum atomic E-state index is 0.0581. The molecular formula is C14H28N2O. The molecule has 0 bridgehead atoms. The second-order valence-corrected chi connectivity index (χ2v) is 5.54. The van der Waals surface area contributed by atoms with Gasteiger partial charge in [0.25, 0.3) is 0 Å². The van der Waals surface area contributed by atoms with E-state index in [0.29, 0.717) is 5.92 Å². The molecule has 1 aliphatic heterocycles. The summed E-state index contributed by atoms with van der Waals surface area (Å²) in [5, 5.41) is 3.36. The minimum absolute atomic E-state index is 0.0581. The number of nitrogens with one attached hydrogen (secondary N) is 1. The van der Waals surface area contributed by atoms with Crippen LogP contribution < -0.4 is 5.32 Å². The summed E-state index contributed by atoms with van der Waals surface area (Å²) in [5.74, 6) is 1.60. The predicted molar refractivity (Wildman–Crippen MR) is 71.9 cm³/mol. The lowest BCUT2D eigenvalue weighted by atomic mass is 9.90. The highest BCUT2D eigenvalue weighted by atomic mass is 16.2. The van der Waals surface area contributed by atoms with Gasteiger partial charge in [0.1, 0.15) is 0 Å². The van der Waals surface area contributed by atoms with E-state index in [9.17, 15) is 4.79 Å². The highest BCUT2D eigenvalue weighted by Gasteiger charge is 2.28. The number of carbonyl (C=O) groups excluding carboxylic acids is 1. The van der Waals surface area contributed by atoms with E-state index in [1.54, 1.807) is 0 Å². The van der Waals surface area contributed by atoms with Crippen molar-refractivity contribution in [1.82, 2.24) is 10.2 Å². The molecule has 1 amide bonds. The third-order valence-corrected chi connectivity index (χ3v) is 4.05. The molecule has 1 N–H and O–H groups in total. The fourth-order valence-electron chi connectivity index (χ4n) is 2.51. The van der Waals surface area contributed by atoms with E-state index in [-0.39, 0.29) is 11.9 Å². The van der Waals surface area contributed by atoms with Gasteiger partial charge in [-0.2, -0.15) is 0 Å². The van der Waals surface area contributed by atoms with Crippen LogP contribution in [0.1, 0.15) is 46.5 Å². The monoisotopic (exact) mass is 240 g/mol. The number of rotatable bonds is 5. The number of carbonyl (C=O) groups is 1. The lowest BCUT2D eigenvalue weighted by Gasteiger charge is -2.32. The van der Waals surface area contributed by atoms with E-state index >= 15 is 0 Å². The van der Waals surface area contributed by atoms with Gasteiger partial charge in [0, 0.05) is 13.6 Å². The van der Waals surface area contributed by atoms with E-state index < -0.39 is 0 Å². The van der Waals surface area contributed by atoms with Crippen molar-refractivity contribution in [3.05, 3.63) is 0 Å². The van der Waals surface area contributed by atoms with Gasteiger partial charge in [-0.15, -0.1) is 0 Å². The number of likely N-dealkylation sites (N-methyl/N-ethyl adjacent to an activating group) is 1. The average Bonchev–Trinajstić information content (AvgIpc) is 2.37. The predicted octanol–water partition coefficient (Wildman–Crippen LogP) is 2.27. The van der Waals surface area contributed by atoms with Crippen molar-refractivity contribution in [2.45, 2.75) is 52.5 Å². The Hall–Kier alpha value is -0.570. The topological polar surface area (TPSA) is 32.3 Å². The first-order chi connectivity index (χ1) is 8.08. The van der Waals surface area contributed by atoms with Crippen molar-refractivity contribution in [3.63, 3.8) is 0 Å². The summed E-state index contributed by atoms with van der Waals surface area (Å²) in [6.07, 6.45) is 4.56. The van der Waals surface area contributed by atoms with Gasteiger partial charge in [0.15, 0.2) is 0 Å². The van der Waals surface area contributed by atoms with Gasteiger partial charge in [-0.3, -0.25) is 4.79 Å². The van der Waals surface area contributed by atoms with Crippen LogP contribution in [0, 0.1) is 11.8 Å². The van der Waals surface area contributed by atoms with Crippen molar-refractivity contribution in [1.29, 1.82) is 0 Å². The molecular weight excluding hydrogens is 212 g/mol. The maximum atomic E-state index is 12.3. The quantitative estimate of drug-likeness (QED) is 0.799. The molecule has 1 heterocycles. The first kappa shape index (κ1) is 14.5. The average molecular weight is 240 g/mol. The fraction of sp³-hybridized carbons (Fsp3) is 0.929.